The van der Waals surface area contributed by atoms with E-state index in [-0.39, 0.29) is 35.3 Å². The second-order valence-electron chi connectivity index (χ2n) is 7.28. The lowest BCUT2D eigenvalue weighted by Gasteiger charge is -2.31. The Hall–Kier alpha value is -2.04. The summed E-state index contributed by atoms with van der Waals surface area (Å²) in [4.78, 5) is 25.9. The molecule has 132 valence electrons. The second kappa shape index (κ2) is 7.24. The molecule has 5 nitrogen and oxygen atoms in total. The lowest BCUT2D eigenvalue weighted by molar-refractivity contribution is -0.123. The minimum atomic E-state index is -0.297. The first-order valence-electron chi connectivity index (χ1n) is 8.67. The van der Waals surface area contributed by atoms with E-state index in [0.29, 0.717) is 31.5 Å². The van der Waals surface area contributed by atoms with Crippen molar-refractivity contribution in [3.05, 3.63) is 28.8 Å². The fourth-order valence-corrected chi connectivity index (χ4v) is 3.15. The largest absolute Gasteiger partial charge is 0.507 e. The molecule has 0 radical (unpaired) electrons. The summed E-state index contributed by atoms with van der Waals surface area (Å²) in [6, 6.07) is 3.79. The minimum absolute atomic E-state index is 0.0800. The van der Waals surface area contributed by atoms with E-state index < -0.39 is 0 Å². The van der Waals surface area contributed by atoms with Crippen LogP contribution in [0.1, 0.15) is 73.9 Å². The van der Waals surface area contributed by atoms with Gasteiger partial charge in [-0.2, -0.15) is 0 Å². The number of primary amides is 1. The SMILES string of the molecule is CC(C)c1cc(C(=O)N2CCC(C(N)=O)CC2)c(O)c(C(C)C)c1. The molecule has 1 aromatic rings. The first-order chi connectivity index (χ1) is 11.2. The van der Waals surface area contributed by atoms with Crippen molar-refractivity contribution in [3.63, 3.8) is 0 Å². The normalized spacial score (nSPS) is 16.0. The maximum absolute atomic E-state index is 12.9. The number of piperidine rings is 1. The molecule has 5 heteroatoms. The Morgan fingerprint density at radius 3 is 2.17 bits per heavy atom. The fraction of sp³-hybridized carbons (Fsp3) is 0.579. The van der Waals surface area contributed by atoms with Gasteiger partial charge in [-0.15, -0.1) is 0 Å². The molecule has 1 saturated heterocycles. The fourth-order valence-electron chi connectivity index (χ4n) is 3.15. The molecule has 2 rings (SSSR count). The number of phenols is 1. The van der Waals surface area contributed by atoms with Gasteiger partial charge in [-0.1, -0.05) is 33.8 Å². The number of amides is 2. The number of phenolic OH excluding ortho intramolecular Hbond substituents is 1. The molecule has 1 fully saturated rings. The van der Waals surface area contributed by atoms with Gasteiger partial charge in [0.25, 0.3) is 5.91 Å². The highest BCUT2D eigenvalue weighted by molar-refractivity contribution is 5.97. The average molecular weight is 332 g/mol. The Kier molecular flexibility index (Phi) is 5.52. The zero-order chi connectivity index (χ0) is 18.0. The number of carbonyl (C=O) groups excluding carboxylic acids is 2. The summed E-state index contributed by atoms with van der Waals surface area (Å²) in [6.07, 6.45) is 1.17. The quantitative estimate of drug-likeness (QED) is 0.889. The van der Waals surface area contributed by atoms with Gasteiger partial charge in [0.1, 0.15) is 5.75 Å². The zero-order valence-corrected chi connectivity index (χ0v) is 15.0. The number of rotatable bonds is 4. The number of nitrogens with zero attached hydrogens (tertiary/aromatic N) is 1. The van der Waals surface area contributed by atoms with Crippen molar-refractivity contribution in [2.75, 3.05) is 13.1 Å². The molecule has 0 saturated carbocycles. The Bertz CT molecular complexity index is 630. The number of carbonyl (C=O) groups is 2. The first-order valence-corrected chi connectivity index (χ1v) is 8.67. The zero-order valence-electron chi connectivity index (χ0n) is 15.0. The molecule has 1 heterocycles. The predicted molar refractivity (Wildman–Crippen MR) is 94.1 cm³/mol. The Morgan fingerprint density at radius 2 is 1.71 bits per heavy atom. The number of likely N-dealkylation sites (tertiary alicyclic amines) is 1. The molecular formula is C19H28N2O3. The van der Waals surface area contributed by atoms with Crippen LogP contribution in [0.25, 0.3) is 0 Å². The van der Waals surface area contributed by atoms with Crippen molar-refractivity contribution in [1.29, 1.82) is 0 Å². The van der Waals surface area contributed by atoms with Crippen LogP contribution in [0.3, 0.4) is 0 Å². The van der Waals surface area contributed by atoms with Crippen LogP contribution in [0.2, 0.25) is 0 Å². The molecule has 0 aromatic heterocycles. The standard InChI is InChI=1S/C19H28N2O3/c1-11(2)14-9-15(12(3)4)17(22)16(10-14)19(24)21-7-5-13(6-8-21)18(20)23/h9-13,22H,5-8H2,1-4H3,(H2,20,23). The molecule has 0 aliphatic carbocycles. The summed E-state index contributed by atoms with van der Waals surface area (Å²) in [7, 11) is 0. The van der Waals surface area contributed by atoms with Crippen LogP contribution < -0.4 is 5.73 Å². The average Bonchev–Trinajstić information content (AvgIpc) is 2.54. The number of aromatic hydroxyl groups is 1. The van der Waals surface area contributed by atoms with Crippen molar-refractivity contribution < 1.29 is 14.7 Å². The van der Waals surface area contributed by atoms with E-state index in [1.54, 1.807) is 11.0 Å². The van der Waals surface area contributed by atoms with E-state index in [1.165, 1.54) is 0 Å². The molecule has 0 atom stereocenters. The smallest absolute Gasteiger partial charge is 0.257 e. The number of hydrogen-bond acceptors (Lipinski definition) is 3. The van der Waals surface area contributed by atoms with Crippen molar-refractivity contribution >= 4 is 11.8 Å². The summed E-state index contributed by atoms with van der Waals surface area (Å²) in [5.41, 5.74) is 7.56. The Morgan fingerprint density at radius 1 is 1.12 bits per heavy atom. The summed E-state index contributed by atoms with van der Waals surface area (Å²) in [5.74, 6) is -0.132. The van der Waals surface area contributed by atoms with Gasteiger partial charge in [0, 0.05) is 19.0 Å². The van der Waals surface area contributed by atoms with Crippen LogP contribution >= 0.6 is 0 Å². The van der Waals surface area contributed by atoms with Crippen LogP contribution in [-0.2, 0) is 4.79 Å². The van der Waals surface area contributed by atoms with Gasteiger partial charge < -0.3 is 15.7 Å². The summed E-state index contributed by atoms with van der Waals surface area (Å²) in [6.45, 7) is 9.15. The third-order valence-electron chi connectivity index (χ3n) is 4.87. The van der Waals surface area contributed by atoms with E-state index in [0.717, 1.165) is 11.1 Å². The summed E-state index contributed by atoms with van der Waals surface area (Å²) < 4.78 is 0. The van der Waals surface area contributed by atoms with Crippen LogP contribution in [0.4, 0.5) is 0 Å². The molecule has 1 aliphatic heterocycles. The van der Waals surface area contributed by atoms with Gasteiger partial charge in [0.05, 0.1) is 5.56 Å². The second-order valence-corrected chi connectivity index (χ2v) is 7.28. The molecular weight excluding hydrogens is 304 g/mol. The van der Waals surface area contributed by atoms with Gasteiger partial charge >= 0.3 is 0 Å². The molecule has 0 bridgehead atoms. The lowest BCUT2D eigenvalue weighted by atomic mass is 9.90. The minimum Gasteiger partial charge on any atom is -0.507 e. The lowest BCUT2D eigenvalue weighted by Crippen LogP contribution is -2.41. The van der Waals surface area contributed by atoms with E-state index in [1.807, 2.05) is 19.9 Å². The van der Waals surface area contributed by atoms with E-state index in [9.17, 15) is 14.7 Å². The molecule has 0 spiro atoms. The topological polar surface area (TPSA) is 83.6 Å². The molecule has 2 amide bonds. The Balaban J connectivity index is 2.30. The van der Waals surface area contributed by atoms with Gasteiger partial charge in [-0.25, -0.2) is 0 Å². The maximum atomic E-state index is 12.9. The van der Waals surface area contributed by atoms with Crippen molar-refractivity contribution in [3.8, 4) is 5.75 Å². The highest BCUT2D eigenvalue weighted by atomic mass is 16.3. The van der Waals surface area contributed by atoms with Crippen LogP contribution in [-0.4, -0.2) is 34.9 Å². The maximum Gasteiger partial charge on any atom is 0.257 e. The highest BCUT2D eigenvalue weighted by Crippen LogP contribution is 2.34. The van der Waals surface area contributed by atoms with E-state index in [2.05, 4.69) is 13.8 Å². The first kappa shape index (κ1) is 18.3. The molecule has 1 aliphatic rings. The van der Waals surface area contributed by atoms with E-state index >= 15 is 0 Å². The Labute approximate surface area is 143 Å². The van der Waals surface area contributed by atoms with Crippen molar-refractivity contribution in [2.45, 2.75) is 52.4 Å². The predicted octanol–water partition coefficient (Wildman–Crippen LogP) is 2.98. The molecule has 1 aromatic carbocycles. The highest BCUT2D eigenvalue weighted by Gasteiger charge is 2.29. The molecule has 0 unspecified atom stereocenters. The number of hydrogen-bond donors (Lipinski definition) is 2. The van der Waals surface area contributed by atoms with Crippen LogP contribution in [0, 0.1) is 5.92 Å². The van der Waals surface area contributed by atoms with Crippen LogP contribution in [0.15, 0.2) is 12.1 Å². The third-order valence-corrected chi connectivity index (χ3v) is 4.87. The number of benzene rings is 1. The van der Waals surface area contributed by atoms with Gasteiger partial charge in [0.2, 0.25) is 5.91 Å². The summed E-state index contributed by atoms with van der Waals surface area (Å²) >= 11 is 0. The van der Waals surface area contributed by atoms with Crippen molar-refractivity contribution in [1.82, 2.24) is 4.90 Å². The molecule has 3 N–H and O–H groups in total. The van der Waals surface area contributed by atoms with E-state index in [4.69, 9.17) is 5.73 Å². The third kappa shape index (κ3) is 3.71. The van der Waals surface area contributed by atoms with Gasteiger partial charge in [0.15, 0.2) is 0 Å². The van der Waals surface area contributed by atoms with Crippen molar-refractivity contribution in [2.24, 2.45) is 11.7 Å². The monoisotopic (exact) mass is 332 g/mol. The number of nitrogens with two attached hydrogens (primary N) is 1. The molecule has 24 heavy (non-hydrogen) atoms. The van der Waals surface area contributed by atoms with Gasteiger partial charge in [-0.3, -0.25) is 9.59 Å². The van der Waals surface area contributed by atoms with Crippen LogP contribution in [0.5, 0.6) is 5.75 Å². The van der Waals surface area contributed by atoms with Gasteiger partial charge in [-0.05, 0) is 41.9 Å². The summed E-state index contributed by atoms with van der Waals surface area (Å²) in [5, 5.41) is 10.6.